The Bertz CT molecular complexity index is 1950. The Labute approximate surface area is 257 Å². The van der Waals surface area contributed by atoms with Crippen molar-refractivity contribution in [2.75, 3.05) is 43.4 Å². The van der Waals surface area contributed by atoms with Crippen LogP contribution in [0.3, 0.4) is 0 Å². The highest BCUT2D eigenvalue weighted by Gasteiger charge is 2.49. The summed E-state index contributed by atoms with van der Waals surface area (Å²) in [5.74, 6) is 0.105. The molecule has 5 heterocycles. The molecule has 0 saturated carbocycles. The van der Waals surface area contributed by atoms with Crippen LogP contribution in [-0.4, -0.2) is 71.4 Å². The number of alkyl halides is 1. The van der Waals surface area contributed by atoms with E-state index in [4.69, 9.17) is 21.9 Å². The summed E-state index contributed by atoms with van der Waals surface area (Å²) in [6.45, 7) is 2.34. The molecule has 3 aromatic carbocycles. The molecule has 8 rings (SSSR count). The average molecular weight is 615 g/mol. The van der Waals surface area contributed by atoms with Crippen molar-refractivity contribution < 1.29 is 22.3 Å². The van der Waals surface area contributed by atoms with E-state index < -0.39 is 34.7 Å². The minimum Gasteiger partial charge on any atom is -0.461 e. The van der Waals surface area contributed by atoms with Crippen molar-refractivity contribution in [1.29, 1.82) is 0 Å². The number of hydrogen-bond donors (Lipinski definition) is 2. The van der Waals surface area contributed by atoms with Gasteiger partial charge in [0.25, 0.3) is 0 Å². The van der Waals surface area contributed by atoms with Crippen molar-refractivity contribution in [3.63, 3.8) is 0 Å². The summed E-state index contributed by atoms with van der Waals surface area (Å²) in [5.41, 5.74) is 5.20. The molecule has 0 aliphatic carbocycles. The number of ether oxygens (including phenoxy) is 1. The standard InChI is InChI=1S/C34H30F4N6O/c1-2-23-26(36)7-4-18-10-20(39)11-24(28(18)23)29-27(37)12-25-31(30(29)38)41-33(42-32(25)43-15-21-5-6-22(16-43)40-21)45-17-34-8-3-9-44(34)14-19(35)13-34/h1,4-7,10-12,19,21-22,40H,3,8-9,13-17,39H2/t19-,21?,22?,34+/m1/s1. The first-order valence-electron chi connectivity index (χ1n) is 15.1. The quantitative estimate of drug-likeness (QED) is 0.140. The third-order valence-corrected chi connectivity index (χ3v) is 9.71. The normalized spacial score (nSPS) is 25.8. The van der Waals surface area contributed by atoms with Gasteiger partial charge in [0.1, 0.15) is 35.7 Å². The number of nitrogen functional groups attached to an aromatic ring is 1. The van der Waals surface area contributed by atoms with E-state index in [9.17, 15) is 8.78 Å². The molecule has 230 valence electrons. The molecule has 4 aliphatic heterocycles. The molecule has 3 N–H and O–H groups in total. The predicted octanol–water partition coefficient (Wildman–Crippen LogP) is 5.10. The smallest absolute Gasteiger partial charge is 0.319 e. The van der Waals surface area contributed by atoms with E-state index in [2.05, 4.69) is 33.3 Å². The fraction of sp³-hybridized carbons (Fsp3) is 0.353. The lowest BCUT2D eigenvalue weighted by Crippen LogP contribution is -2.52. The van der Waals surface area contributed by atoms with Gasteiger partial charge in [-0.05, 0) is 54.6 Å². The van der Waals surface area contributed by atoms with E-state index in [1.165, 1.54) is 24.3 Å². The lowest BCUT2D eigenvalue weighted by molar-refractivity contribution is 0.107. The predicted molar refractivity (Wildman–Crippen MR) is 165 cm³/mol. The fourth-order valence-corrected chi connectivity index (χ4v) is 7.77. The van der Waals surface area contributed by atoms with Gasteiger partial charge in [0, 0.05) is 54.6 Å². The zero-order chi connectivity index (χ0) is 31.0. The number of fused-ring (bicyclic) bond motifs is 5. The summed E-state index contributed by atoms with van der Waals surface area (Å²) in [6.07, 6.45) is 10.9. The number of nitrogens with two attached hydrogens (primary N) is 1. The molecule has 4 aromatic rings. The highest BCUT2D eigenvalue weighted by atomic mass is 19.1. The maximum atomic E-state index is 16.8. The Morgan fingerprint density at radius 2 is 1.87 bits per heavy atom. The summed E-state index contributed by atoms with van der Waals surface area (Å²) in [7, 11) is 0. The van der Waals surface area contributed by atoms with Gasteiger partial charge in [0.15, 0.2) is 5.82 Å². The van der Waals surface area contributed by atoms with E-state index in [-0.39, 0.29) is 57.8 Å². The van der Waals surface area contributed by atoms with Crippen molar-refractivity contribution in [2.45, 2.75) is 43.1 Å². The highest BCUT2D eigenvalue weighted by molar-refractivity contribution is 6.05. The van der Waals surface area contributed by atoms with Crippen molar-refractivity contribution in [1.82, 2.24) is 20.2 Å². The second-order valence-electron chi connectivity index (χ2n) is 12.5. The van der Waals surface area contributed by atoms with Crippen LogP contribution in [-0.2, 0) is 0 Å². The number of piperazine rings is 1. The lowest BCUT2D eigenvalue weighted by atomic mass is 9.92. The van der Waals surface area contributed by atoms with Crippen molar-refractivity contribution in [3.05, 3.63) is 65.5 Å². The molecule has 4 aliphatic rings. The number of hydrogen-bond acceptors (Lipinski definition) is 7. The third kappa shape index (κ3) is 4.50. The molecule has 0 radical (unpaired) electrons. The maximum absolute atomic E-state index is 16.8. The van der Waals surface area contributed by atoms with Crippen molar-refractivity contribution in [2.24, 2.45) is 0 Å². The molecule has 3 saturated heterocycles. The third-order valence-electron chi connectivity index (χ3n) is 9.71. The summed E-state index contributed by atoms with van der Waals surface area (Å²) < 4.78 is 68.5. The fourth-order valence-electron chi connectivity index (χ4n) is 7.77. The van der Waals surface area contributed by atoms with Gasteiger partial charge >= 0.3 is 6.01 Å². The molecule has 2 unspecified atom stereocenters. The van der Waals surface area contributed by atoms with E-state index in [0.29, 0.717) is 37.3 Å². The van der Waals surface area contributed by atoms with Crippen LogP contribution in [0.15, 0.2) is 42.5 Å². The van der Waals surface area contributed by atoms with E-state index in [0.717, 1.165) is 19.4 Å². The molecule has 7 nitrogen and oxygen atoms in total. The zero-order valence-electron chi connectivity index (χ0n) is 24.3. The molecule has 3 fully saturated rings. The second-order valence-corrected chi connectivity index (χ2v) is 12.5. The van der Waals surface area contributed by atoms with Crippen LogP contribution < -0.4 is 20.7 Å². The molecule has 45 heavy (non-hydrogen) atoms. The molecule has 2 bridgehead atoms. The minimum absolute atomic E-state index is 0.0156. The zero-order valence-corrected chi connectivity index (χ0v) is 24.3. The van der Waals surface area contributed by atoms with Crippen LogP contribution in [0.2, 0.25) is 0 Å². The Kier molecular flexibility index (Phi) is 6.45. The largest absolute Gasteiger partial charge is 0.461 e. The monoisotopic (exact) mass is 614 g/mol. The van der Waals surface area contributed by atoms with Crippen LogP contribution in [0.1, 0.15) is 24.8 Å². The highest BCUT2D eigenvalue weighted by Crippen LogP contribution is 2.43. The molecule has 11 heteroatoms. The van der Waals surface area contributed by atoms with E-state index >= 15 is 8.78 Å². The number of benzene rings is 3. The van der Waals surface area contributed by atoms with Gasteiger partial charge in [0.05, 0.1) is 16.7 Å². The number of nitrogens with one attached hydrogen (secondary N) is 1. The average Bonchev–Trinajstić information content (AvgIpc) is 3.66. The molecule has 1 aromatic heterocycles. The number of aromatic nitrogens is 2. The summed E-state index contributed by atoms with van der Waals surface area (Å²) >= 11 is 0. The molecular formula is C34H30F4N6O. The first-order chi connectivity index (χ1) is 21.7. The van der Waals surface area contributed by atoms with Crippen LogP contribution in [0.5, 0.6) is 6.01 Å². The van der Waals surface area contributed by atoms with Gasteiger partial charge in [-0.25, -0.2) is 17.6 Å². The number of halogens is 4. The van der Waals surface area contributed by atoms with Gasteiger partial charge < -0.3 is 20.7 Å². The molecular weight excluding hydrogens is 584 g/mol. The lowest BCUT2D eigenvalue weighted by Gasteiger charge is -2.35. The van der Waals surface area contributed by atoms with Crippen LogP contribution in [0, 0.1) is 29.8 Å². The minimum atomic E-state index is -0.973. The topological polar surface area (TPSA) is 79.5 Å². The number of nitrogens with zero attached hydrogens (tertiary/aromatic N) is 4. The number of anilines is 2. The van der Waals surface area contributed by atoms with Crippen LogP contribution in [0.25, 0.3) is 32.8 Å². The molecule has 0 spiro atoms. The Morgan fingerprint density at radius 3 is 2.64 bits per heavy atom. The first kappa shape index (κ1) is 28.1. The van der Waals surface area contributed by atoms with Gasteiger partial charge in [0.2, 0.25) is 0 Å². The number of terminal acetylenes is 1. The Balaban J connectivity index is 1.30. The van der Waals surface area contributed by atoms with Crippen LogP contribution in [0.4, 0.5) is 29.1 Å². The van der Waals surface area contributed by atoms with E-state index in [1.807, 2.05) is 4.90 Å². The second kappa shape index (κ2) is 10.3. The number of rotatable bonds is 5. The van der Waals surface area contributed by atoms with Gasteiger partial charge in [-0.15, -0.1) is 6.42 Å². The van der Waals surface area contributed by atoms with Crippen molar-refractivity contribution >= 4 is 33.2 Å². The van der Waals surface area contributed by atoms with Gasteiger partial charge in [-0.1, -0.05) is 24.1 Å². The molecule has 4 atom stereocenters. The maximum Gasteiger partial charge on any atom is 0.319 e. The summed E-state index contributed by atoms with van der Waals surface area (Å²) in [4.78, 5) is 13.2. The van der Waals surface area contributed by atoms with Gasteiger partial charge in [-0.3, -0.25) is 4.90 Å². The van der Waals surface area contributed by atoms with Gasteiger partial charge in [-0.2, -0.15) is 9.97 Å². The van der Waals surface area contributed by atoms with Crippen molar-refractivity contribution in [3.8, 4) is 29.5 Å². The first-order valence-corrected chi connectivity index (χ1v) is 15.1. The molecule has 0 amide bonds. The Hall–Kier alpha value is -4.40. The Morgan fingerprint density at radius 1 is 1.07 bits per heavy atom. The summed E-state index contributed by atoms with van der Waals surface area (Å²) in [6, 6.07) is 6.86. The SMILES string of the molecule is C#Cc1c(F)ccc2cc(N)cc(-c3c(F)cc4c(N5CC6C=CC(C5)N6)nc(OC[C@@]56CCCN5C[C@H](F)C6)nc4c3F)c12. The van der Waals surface area contributed by atoms with Crippen LogP contribution >= 0.6 is 0 Å². The van der Waals surface area contributed by atoms with E-state index in [1.54, 1.807) is 6.07 Å². The summed E-state index contributed by atoms with van der Waals surface area (Å²) in [5, 5.41) is 4.24.